The first-order valence-electron chi connectivity index (χ1n) is 9.35. The van der Waals surface area contributed by atoms with Crippen LogP contribution in [-0.4, -0.2) is 33.7 Å². The maximum atomic E-state index is 12.9. The van der Waals surface area contributed by atoms with Gasteiger partial charge in [-0.2, -0.15) is 0 Å². The lowest BCUT2D eigenvalue weighted by Gasteiger charge is -2.27. The van der Waals surface area contributed by atoms with Crippen molar-refractivity contribution in [3.8, 4) is 11.6 Å². The fourth-order valence-electron chi connectivity index (χ4n) is 3.97. The summed E-state index contributed by atoms with van der Waals surface area (Å²) < 4.78 is 6.80. The van der Waals surface area contributed by atoms with Gasteiger partial charge in [0, 0.05) is 28.6 Å². The first-order chi connectivity index (χ1) is 14.5. The van der Waals surface area contributed by atoms with E-state index in [-0.39, 0.29) is 12.4 Å². The van der Waals surface area contributed by atoms with Gasteiger partial charge in [-0.25, -0.2) is 4.79 Å². The summed E-state index contributed by atoms with van der Waals surface area (Å²) >= 11 is 0. The van der Waals surface area contributed by atoms with Crippen LogP contribution >= 0.6 is 0 Å². The van der Waals surface area contributed by atoms with Crippen molar-refractivity contribution in [1.82, 2.24) is 20.2 Å². The second-order valence-electron chi connectivity index (χ2n) is 7.26. The Kier molecular flexibility index (Phi) is 3.89. The molecule has 150 valence electrons. The van der Waals surface area contributed by atoms with E-state index in [0.29, 0.717) is 22.2 Å². The summed E-state index contributed by atoms with van der Waals surface area (Å²) in [6, 6.07) is 13.9. The Morgan fingerprint density at radius 2 is 2.00 bits per heavy atom. The lowest BCUT2D eigenvalue weighted by Crippen LogP contribution is -2.47. The molecule has 1 fully saturated rings. The minimum Gasteiger partial charge on any atom is -0.497 e. The normalized spacial score (nSPS) is 18.6. The molecule has 8 heteroatoms. The van der Waals surface area contributed by atoms with Gasteiger partial charge >= 0.3 is 6.03 Å². The number of hydrogen-bond donors (Lipinski definition) is 3. The van der Waals surface area contributed by atoms with Crippen LogP contribution < -0.4 is 15.4 Å². The Morgan fingerprint density at radius 3 is 2.77 bits per heavy atom. The number of nitrogens with one attached hydrogen (secondary N) is 2. The van der Waals surface area contributed by atoms with Crippen molar-refractivity contribution in [1.29, 1.82) is 0 Å². The van der Waals surface area contributed by atoms with Crippen LogP contribution in [0.1, 0.15) is 5.56 Å². The third-order valence-electron chi connectivity index (χ3n) is 5.51. The van der Waals surface area contributed by atoms with Gasteiger partial charge in [0.05, 0.1) is 19.2 Å². The zero-order chi connectivity index (χ0) is 20.9. The number of aromatic nitrogens is 2. The highest BCUT2D eigenvalue weighted by Crippen LogP contribution is 2.35. The number of hydrogen-bond acceptors (Lipinski definition) is 5. The smallest absolute Gasteiger partial charge is 0.322 e. The Labute approximate surface area is 171 Å². The van der Waals surface area contributed by atoms with Gasteiger partial charge in [-0.1, -0.05) is 18.2 Å². The summed E-state index contributed by atoms with van der Waals surface area (Å²) in [6.45, 7) is 0.00570. The van der Waals surface area contributed by atoms with Crippen LogP contribution in [0.2, 0.25) is 0 Å². The number of amides is 3. The SMILES string of the molecule is COc1ccc2c(O)n(CC3(c4ccc5cccnc5c4)NC(=O)NC3=O)cc2c1. The highest BCUT2D eigenvalue weighted by Gasteiger charge is 2.48. The topological polar surface area (TPSA) is 105 Å². The van der Waals surface area contributed by atoms with Gasteiger partial charge in [0.1, 0.15) is 5.75 Å². The Morgan fingerprint density at radius 1 is 1.13 bits per heavy atom. The van der Waals surface area contributed by atoms with E-state index in [1.807, 2.05) is 18.2 Å². The van der Waals surface area contributed by atoms with Crippen LogP contribution in [0.15, 0.2) is 60.9 Å². The number of rotatable bonds is 4. The van der Waals surface area contributed by atoms with Gasteiger partial charge < -0.3 is 19.7 Å². The molecule has 1 atom stereocenters. The second-order valence-corrected chi connectivity index (χ2v) is 7.26. The molecule has 2 aromatic carbocycles. The summed E-state index contributed by atoms with van der Waals surface area (Å²) in [6.07, 6.45) is 3.40. The molecule has 0 bridgehead atoms. The third kappa shape index (κ3) is 2.65. The lowest BCUT2D eigenvalue weighted by molar-refractivity contribution is -0.124. The molecule has 1 aliphatic rings. The van der Waals surface area contributed by atoms with Crippen molar-refractivity contribution in [2.75, 3.05) is 7.11 Å². The summed E-state index contributed by atoms with van der Waals surface area (Å²) in [4.78, 5) is 29.4. The molecule has 2 aromatic heterocycles. The van der Waals surface area contributed by atoms with E-state index in [2.05, 4.69) is 15.6 Å². The molecule has 3 N–H and O–H groups in total. The molecule has 0 aliphatic carbocycles. The van der Waals surface area contributed by atoms with Crippen LogP contribution in [0.3, 0.4) is 0 Å². The van der Waals surface area contributed by atoms with Crippen LogP contribution in [0.5, 0.6) is 11.6 Å². The van der Waals surface area contributed by atoms with E-state index in [4.69, 9.17) is 4.74 Å². The molecule has 4 aromatic rings. The molecular weight excluding hydrogens is 384 g/mol. The highest BCUT2D eigenvalue weighted by atomic mass is 16.5. The number of imide groups is 1. The molecule has 30 heavy (non-hydrogen) atoms. The molecule has 1 unspecified atom stereocenters. The van der Waals surface area contributed by atoms with E-state index in [1.165, 1.54) is 0 Å². The predicted octanol–water partition coefficient (Wildman–Crippen LogP) is 2.64. The molecule has 0 spiro atoms. The lowest BCUT2D eigenvalue weighted by atomic mass is 9.89. The Bertz CT molecular complexity index is 1330. The average molecular weight is 402 g/mol. The molecule has 0 saturated carbocycles. The molecule has 1 aliphatic heterocycles. The van der Waals surface area contributed by atoms with Crippen LogP contribution in [0.25, 0.3) is 21.7 Å². The number of ether oxygens (including phenoxy) is 1. The summed E-state index contributed by atoms with van der Waals surface area (Å²) in [5, 5.41) is 18.1. The summed E-state index contributed by atoms with van der Waals surface area (Å²) in [7, 11) is 1.57. The van der Waals surface area contributed by atoms with E-state index in [9.17, 15) is 14.7 Å². The maximum absolute atomic E-state index is 12.9. The second kappa shape index (κ2) is 6.48. The standard InChI is InChI=1S/C22H18N4O4/c1-30-16-6-7-17-14(9-16)11-26(19(17)27)12-22(20(28)24-21(29)25-22)15-5-4-13-3-2-8-23-18(13)10-15/h2-11,27H,12H2,1H3,(H2,24,25,28,29). The van der Waals surface area contributed by atoms with Crippen LogP contribution in [0.4, 0.5) is 4.79 Å². The number of carbonyl (C=O) groups excluding carboxylic acids is 2. The molecule has 0 radical (unpaired) electrons. The minimum atomic E-state index is -1.39. The first kappa shape index (κ1) is 18.0. The highest BCUT2D eigenvalue weighted by molar-refractivity contribution is 6.07. The van der Waals surface area contributed by atoms with Crippen LogP contribution in [0, 0.1) is 0 Å². The van der Waals surface area contributed by atoms with Crippen LogP contribution in [-0.2, 0) is 16.9 Å². The molecule has 1 saturated heterocycles. The van der Waals surface area contributed by atoms with Crippen molar-refractivity contribution in [3.63, 3.8) is 0 Å². The average Bonchev–Trinajstić information content (AvgIpc) is 3.22. The van der Waals surface area contributed by atoms with Crippen molar-refractivity contribution < 1.29 is 19.4 Å². The van der Waals surface area contributed by atoms with Crippen molar-refractivity contribution in [2.24, 2.45) is 0 Å². The summed E-state index contributed by atoms with van der Waals surface area (Å²) in [5.74, 6) is 0.166. The number of urea groups is 1. The van der Waals surface area contributed by atoms with E-state index in [0.717, 1.165) is 10.8 Å². The van der Waals surface area contributed by atoms with Gasteiger partial charge in [0.2, 0.25) is 0 Å². The number of methoxy groups -OCH3 is 1. The van der Waals surface area contributed by atoms with Crippen molar-refractivity contribution in [2.45, 2.75) is 12.1 Å². The molecular formula is C22H18N4O4. The summed E-state index contributed by atoms with van der Waals surface area (Å²) in [5.41, 5.74) is -0.110. The number of nitrogens with zero attached hydrogens (tertiary/aromatic N) is 2. The van der Waals surface area contributed by atoms with Crippen molar-refractivity contribution >= 4 is 33.6 Å². The van der Waals surface area contributed by atoms with Gasteiger partial charge in [-0.15, -0.1) is 0 Å². The zero-order valence-electron chi connectivity index (χ0n) is 16.0. The first-order valence-corrected chi connectivity index (χ1v) is 9.35. The molecule has 5 rings (SSSR count). The molecule has 3 amide bonds. The molecule has 8 nitrogen and oxygen atoms in total. The predicted molar refractivity (Wildman–Crippen MR) is 110 cm³/mol. The maximum Gasteiger partial charge on any atom is 0.322 e. The monoisotopic (exact) mass is 402 g/mol. The third-order valence-corrected chi connectivity index (χ3v) is 5.51. The Hall–Kier alpha value is -4.07. The zero-order valence-corrected chi connectivity index (χ0v) is 16.0. The quantitative estimate of drug-likeness (QED) is 0.455. The number of fused-ring (bicyclic) bond motifs is 2. The van der Waals surface area contributed by atoms with Gasteiger partial charge in [-0.3, -0.25) is 15.1 Å². The fourth-order valence-corrected chi connectivity index (χ4v) is 3.97. The number of carbonyl (C=O) groups is 2. The number of aromatic hydroxyl groups is 1. The number of benzene rings is 2. The van der Waals surface area contributed by atoms with Gasteiger partial charge in [0.15, 0.2) is 11.4 Å². The van der Waals surface area contributed by atoms with E-state index < -0.39 is 17.5 Å². The fraction of sp³-hybridized carbons (Fsp3) is 0.136. The van der Waals surface area contributed by atoms with Gasteiger partial charge in [0.25, 0.3) is 5.91 Å². The van der Waals surface area contributed by atoms with E-state index in [1.54, 1.807) is 54.4 Å². The van der Waals surface area contributed by atoms with Gasteiger partial charge in [-0.05, 0) is 35.9 Å². The molecule has 3 heterocycles. The minimum absolute atomic E-state index is 0.000101. The van der Waals surface area contributed by atoms with Crippen molar-refractivity contribution in [3.05, 3.63) is 66.5 Å². The Balaban J connectivity index is 1.65. The van der Waals surface area contributed by atoms with E-state index >= 15 is 0 Å². The largest absolute Gasteiger partial charge is 0.497 e. The number of pyridine rings is 1.